The lowest BCUT2D eigenvalue weighted by Gasteiger charge is -2.22. The lowest BCUT2D eigenvalue weighted by atomic mass is 9.98. The van der Waals surface area contributed by atoms with E-state index >= 15 is 0 Å². The van der Waals surface area contributed by atoms with Gasteiger partial charge in [0.1, 0.15) is 0 Å². The van der Waals surface area contributed by atoms with E-state index in [4.69, 9.17) is 44.6 Å². The lowest BCUT2D eigenvalue weighted by molar-refractivity contribution is -0.133. The highest BCUT2D eigenvalue weighted by Crippen LogP contribution is 2.20. The van der Waals surface area contributed by atoms with Crippen molar-refractivity contribution in [3.63, 3.8) is 0 Å². The maximum absolute atomic E-state index is 10.7. The first kappa shape index (κ1) is 20.6. The van der Waals surface area contributed by atoms with Crippen molar-refractivity contribution in [1.29, 1.82) is 0 Å². The van der Waals surface area contributed by atoms with Crippen molar-refractivity contribution in [3.05, 3.63) is 45.7 Å². The van der Waals surface area contributed by atoms with E-state index in [0.717, 1.165) is 25.7 Å². The number of nitrogens with two attached hydrogens (primary N) is 2. The molecule has 1 aliphatic carbocycles. The van der Waals surface area contributed by atoms with Crippen LogP contribution in [0.15, 0.2) is 35.7 Å². The van der Waals surface area contributed by atoms with Crippen molar-refractivity contribution in [1.82, 2.24) is 5.43 Å². The maximum Gasteiger partial charge on any atom is 0.355 e. The molecule has 2 rings (SSSR count). The fraction of sp³-hybridized carbons (Fsp3) is 0.438. The molecule has 0 saturated heterocycles. The summed E-state index contributed by atoms with van der Waals surface area (Å²) in [6.07, 6.45) is 5.80. The molecule has 0 bridgehead atoms. The third kappa shape index (κ3) is 7.88. The Morgan fingerprint density at radius 2 is 1.83 bits per heavy atom. The number of nitrogens with one attached hydrogen (secondary N) is 1. The Labute approximate surface area is 151 Å². The number of hydrazine groups is 1. The summed E-state index contributed by atoms with van der Waals surface area (Å²) in [5.74, 6) is 3.89. The smallest absolute Gasteiger partial charge is 0.355 e. The Kier molecular flexibility index (Phi) is 9.56. The first-order chi connectivity index (χ1) is 11.4. The first-order valence-electron chi connectivity index (χ1n) is 7.65. The molecule has 0 atom stereocenters. The molecule has 6 nitrogen and oxygen atoms in total. The third-order valence-corrected chi connectivity index (χ3v) is 3.96. The molecule has 134 valence electrons. The second-order valence-corrected chi connectivity index (χ2v) is 6.23. The second kappa shape index (κ2) is 11.1. The van der Waals surface area contributed by atoms with E-state index in [0.29, 0.717) is 10.0 Å². The summed E-state index contributed by atoms with van der Waals surface area (Å²) in [5.41, 5.74) is 7.57. The zero-order valence-electron chi connectivity index (χ0n) is 13.3. The molecule has 1 saturated carbocycles. The summed E-state index contributed by atoms with van der Waals surface area (Å²) in [6, 6.07) is 7.08. The van der Waals surface area contributed by atoms with Crippen LogP contribution in [0.1, 0.15) is 32.1 Å². The van der Waals surface area contributed by atoms with E-state index in [9.17, 15) is 4.79 Å². The minimum atomic E-state index is -1.17. The average molecular weight is 376 g/mol. The number of halogens is 2. The van der Waals surface area contributed by atoms with Crippen LogP contribution in [-0.4, -0.2) is 23.8 Å². The maximum atomic E-state index is 10.7. The highest BCUT2D eigenvalue weighted by atomic mass is 35.5. The van der Waals surface area contributed by atoms with Gasteiger partial charge in [-0.1, -0.05) is 48.5 Å². The van der Waals surface area contributed by atoms with Gasteiger partial charge in [0, 0.05) is 10.0 Å². The normalized spacial score (nSPS) is 15.8. The van der Waals surface area contributed by atoms with Crippen LogP contribution in [0.4, 0.5) is 0 Å². The van der Waals surface area contributed by atoms with Crippen molar-refractivity contribution in [2.75, 3.05) is 6.61 Å². The molecule has 6 N–H and O–H groups in total. The van der Waals surface area contributed by atoms with Crippen LogP contribution in [0.25, 0.3) is 0 Å². The Morgan fingerprint density at radius 3 is 2.25 bits per heavy atom. The van der Waals surface area contributed by atoms with Crippen LogP contribution in [0.2, 0.25) is 10.0 Å². The summed E-state index contributed by atoms with van der Waals surface area (Å²) in [4.78, 5) is 10.7. The van der Waals surface area contributed by atoms with Gasteiger partial charge in [0.15, 0.2) is 5.70 Å². The number of aliphatic carboxylic acids is 1. The fourth-order valence-electron chi connectivity index (χ4n) is 2.26. The Balaban J connectivity index is 0.000000300. The molecule has 1 fully saturated rings. The van der Waals surface area contributed by atoms with E-state index < -0.39 is 5.97 Å². The van der Waals surface area contributed by atoms with Gasteiger partial charge >= 0.3 is 5.97 Å². The Bertz CT molecular complexity index is 544. The molecule has 0 spiro atoms. The molecule has 1 aromatic rings. The monoisotopic (exact) mass is 375 g/mol. The van der Waals surface area contributed by atoms with E-state index in [1.807, 2.05) is 6.07 Å². The number of hydrogen-bond donors (Lipinski definition) is 4. The van der Waals surface area contributed by atoms with Gasteiger partial charge in [-0.05, 0) is 31.0 Å². The van der Waals surface area contributed by atoms with Crippen molar-refractivity contribution in [2.24, 2.45) is 11.6 Å². The fourth-order valence-corrected chi connectivity index (χ4v) is 2.70. The Morgan fingerprint density at radius 1 is 1.25 bits per heavy atom. The summed E-state index contributed by atoms with van der Waals surface area (Å²) in [6.45, 7) is 0.108. The summed E-state index contributed by atoms with van der Waals surface area (Å²) < 4.78 is 5.54. The number of benzene rings is 1. The zero-order chi connectivity index (χ0) is 17.9. The number of carbonyl (C=O) groups is 1. The molecular formula is C16H23Cl2N3O3. The predicted octanol–water partition coefficient (Wildman–Crippen LogP) is 3.05. The molecule has 0 aliphatic heterocycles. The predicted molar refractivity (Wildman–Crippen MR) is 95.5 cm³/mol. The van der Waals surface area contributed by atoms with Gasteiger partial charge in [-0.25, -0.2) is 4.79 Å². The van der Waals surface area contributed by atoms with Crippen LogP contribution in [0.5, 0.6) is 0 Å². The molecule has 1 aliphatic rings. The quantitative estimate of drug-likeness (QED) is 0.357. The van der Waals surface area contributed by atoms with Gasteiger partial charge in [0.2, 0.25) is 0 Å². The van der Waals surface area contributed by atoms with Gasteiger partial charge in [-0.2, -0.15) is 0 Å². The molecule has 24 heavy (non-hydrogen) atoms. The van der Waals surface area contributed by atoms with Crippen LogP contribution in [-0.2, 0) is 9.53 Å². The molecule has 0 heterocycles. The highest BCUT2D eigenvalue weighted by Gasteiger charge is 2.16. The number of carboxylic acids is 1. The van der Waals surface area contributed by atoms with Crippen LogP contribution in [0.3, 0.4) is 0 Å². The zero-order valence-corrected chi connectivity index (χ0v) is 14.8. The molecule has 0 radical (unpaired) electrons. The van der Waals surface area contributed by atoms with E-state index in [2.05, 4.69) is 5.43 Å². The molecule has 1 aromatic carbocycles. The lowest BCUT2D eigenvalue weighted by Crippen LogP contribution is -2.32. The topological polar surface area (TPSA) is 111 Å². The molecular weight excluding hydrogens is 353 g/mol. The summed E-state index contributed by atoms with van der Waals surface area (Å²) in [7, 11) is 0. The SMILES string of the molecule is Clc1cccc(Cl)c1.NN/C(C(=O)O)=C(\N)COC1CCCCC1. The molecule has 0 unspecified atom stereocenters. The van der Waals surface area contributed by atoms with Gasteiger partial charge in [-0.15, -0.1) is 0 Å². The van der Waals surface area contributed by atoms with Crippen molar-refractivity contribution < 1.29 is 14.6 Å². The standard InChI is InChI=1S/C10H19N3O3.C6H4Cl2/c11-8(9(13-12)10(14)15)6-16-7-4-2-1-3-5-7;7-5-2-1-3-6(8)4-5/h7,13H,1-6,11-12H2,(H,14,15);1-4H/b9-8-;. The van der Waals surface area contributed by atoms with Gasteiger partial charge in [-0.3, -0.25) is 5.84 Å². The van der Waals surface area contributed by atoms with Crippen molar-refractivity contribution in [3.8, 4) is 0 Å². The number of carboxylic acid groups (broad SMARTS) is 1. The average Bonchev–Trinajstić information content (AvgIpc) is 2.54. The Hall–Kier alpha value is -1.47. The number of ether oxygens (including phenoxy) is 1. The number of rotatable bonds is 5. The van der Waals surface area contributed by atoms with Gasteiger partial charge in [0.25, 0.3) is 0 Å². The second-order valence-electron chi connectivity index (χ2n) is 5.36. The third-order valence-electron chi connectivity index (χ3n) is 3.49. The van der Waals surface area contributed by atoms with Crippen LogP contribution < -0.4 is 17.0 Å². The highest BCUT2D eigenvalue weighted by molar-refractivity contribution is 6.34. The van der Waals surface area contributed by atoms with Crippen molar-refractivity contribution >= 4 is 29.2 Å². The largest absolute Gasteiger partial charge is 0.476 e. The molecule has 0 amide bonds. The van der Waals surface area contributed by atoms with Crippen LogP contribution >= 0.6 is 23.2 Å². The van der Waals surface area contributed by atoms with E-state index in [1.54, 1.807) is 18.2 Å². The minimum Gasteiger partial charge on any atom is -0.476 e. The summed E-state index contributed by atoms with van der Waals surface area (Å²) in [5, 5.41) is 10.1. The van der Waals surface area contributed by atoms with Gasteiger partial charge < -0.3 is 21.0 Å². The molecule has 8 heteroatoms. The van der Waals surface area contributed by atoms with E-state index in [-0.39, 0.29) is 24.1 Å². The van der Waals surface area contributed by atoms with E-state index in [1.165, 1.54) is 6.42 Å². The molecule has 0 aromatic heterocycles. The first-order valence-corrected chi connectivity index (χ1v) is 8.40. The van der Waals surface area contributed by atoms with Crippen molar-refractivity contribution in [2.45, 2.75) is 38.2 Å². The minimum absolute atomic E-state index is 0.108. The van der Waals surface area contributed by atoms with Crippen LogP contribution in [0, 0.1) is 0 Å². The van der Waals surface area contributed by atoms with Gasteiger partial charge in [0.05, 0.1) is 18.4 Å². The number of hydrogen-bond acceptors (Lipinski definition) is 5. The summed E-state index contributed by atoms with van der Waals surface area (Å²) >= 11 is 11.1.